The minimum Gasteiger partial charge on any atom is -0.383 e. The molecule has 0 spiro atoms. The monoisotopic (exact) mass is 299 g/mol. The van der Waals surface area contributed by atoms with Crippen LogP contribution < -0.4 is 5.32 Å². The van der Waals surface area contributed by atoms with Crippen molar-refractivity contribution in [1.82, 2.24) is 5.32 Å². The van der Waals surface area contributed by atoms with Gasteiger partial charge in [-0.3, -0.25) is 0 Å². The third kappa shape index (κ3) is 6.71. The second kappa shape index (κ2) is 11.1. The molecule has 3 nitrogen and oxygen atoms in total. The van der Waals surface area contributed by atoms with Crippen LogP contribution in [0, 0.1) is 0 Å². The number of rotatable bonds is 11. The Kier molecular flexibility index (Phi) is 9.67. The largest absolute Gasteiger partial charge is 0.383 e. The van der Waals surface area contributed by atoms with Crippen molar-refractivity contribution in [2.75, 3.05) is 40.0 Å². The molecule has 0 radical (unpaired) electrons. The summed E-state index contributed by atoms with van der Waals surface area (Å²) in [6, 6.07) is 8.10. The molecular weight excluding hydrogens is 274 g/mol. The van der Waals surface area contributed by atoms with Crippen molar-refractivity contribution in [1.29, 1.82) is 0 Å². The second-order valence-corrected chi connectivity index (χ2v) is 5.16. The zero-order valence-corrected chi connectivity index (χ0v) is 13.3. The van der Waals surface area contributed by atoms with Gasteiger partial charge in [0, 0.05) is 38.4 Å². The number of hydrogen-bond donors (Lipinski definition) is 1. The van der Waals surface area contributed by atoms with E-state index in [-0.39, 0.29) is 0 Å². The Balaban J connectivity index is 2.52. The minimum absolute atomic E-state index is 0.418. The lowest BCUT2D eigenvalue weighted by atomic mass is 9.94. The summed E-state index contributed by atoms with van der Waals surface area (Å²) < 4.78 is 10.5. The van der Waals surface area contributed by atoms with Gasteiger partial charge in [-0.2, -0.15) is 0 Å². The van der Waals surface area contributed by atoms with Gasteiger partial charge in [0.05, 0.1) is 6.61 Å². The van der Waals surface area contributed by atoms with Crippen LogP contribution in [0.2, 0.25) is 5.02 Å². The number of methoxy groups -OCH3 is 1. The maximum absolute atomic E-state index is 6.32. The highest BCUT2D eigenvalue weighted by molar-refractivity contribution is 6.31. The zero-order chi connectivity index (χ0) is 14.6. The molecule has 0 heterocycles. The smallest absolute Gasteiger partial charge is 0.0587 e. The Morgan fingerprint density at radius 1 is 1.25 bits per heavy atom. The molecule has 20 heavy (non-hydrogen) atoms. The Morgan fingerprint density at radius 2 is 2.05 bits per heavy atom. The predicted molar refractivity (Wildman–Crippen MR) is 84.7 cm³/mol. The number of halogens is 1. The molecule has 0 aliphatic carbocycles. The van der Waals surface area contributed by atoms with Crippen molar-refractivity contribution in [2.45, 2.75) is 25.7 Å². The van der Waals surface area contributed by atoms with Crippen molar-refractivity contribution in [3.05, 3.63) is 34.9 Å². The summed E-state index contributed by atoms with van der Waals surface area (Å²) in [5.74, 6) is 0.418. The van der Waals surface area contributed by atoms with Gasteiger partial charge in [-0.15, -0.1) is 0 Å². The summed E-state index contributed by atoms with van der Waals surface area (Å²) in [6.07, 6.45) is 2.12. The van der Waals surface area contributed by atoms with Gasteiger partial charge in [0.15, 0.2) is 0 Å². The van der Waals surface area contributed by atoms with Gasteiger partial charge < -0.3 is 14.8 Å². The first-order chi connectivity index (χ1) is 9.79. The first-order valence-electron chi connectivity index (χ1n) is 7.31. The van der Waals surface area contributed by atoms with E-state index in [1.807, 2.05) is 25.1 Å². The van der Waals surface area contributed by atoms with Crippen LogP contribution in [-0.2, 0) is 9.47 Å². The van der Waals surface area contributed by atoms with E-state index in [1.165, 1.54) is 5.56 Å². The number of ether oxygens (including phenoxy) is 2. The topological polar surface area (TPSA) is 30.5 Å². The second-order valence-electron chi connectivity index (χ2n) is 4.75. The molecule has 0 bridgehead atoms. The highest BCUT2D eigenvalue weighted by atomic mass is 35.5. The lowest BCUT2D eigenvalue weighted by molar-refractivity contribution is 0.141. The molecule has 1 rings (SSSR count). The standard InChI is InChI=1S/C16H26ClNO2/c1-3-20-11-6-7-14(13-18-10-12-19-2)15-8-4-5-9-16(15)17/h4-5,8-9,14,18H,3,6-7,10-13H2,1-2H3. The van der Waals surface area contributed by atoms with Gasteiger partial charge in [-0.1, -0.05) is 29.8 Å². The van der Waals surface area contributed by atoms with E-state index in [2.05, 4.69) is 11.4 Å². The van der Waals surface area contributed by atoms with Crippen LogP contribution in [0.5, 0.6) is 0 Å². The van der Waals surface area contributed by atoms with E-state index in [1.54, 1.807) is 7.11 Å². The Bertz CT molecular complexity index is 348. The van der Waals surface area contributed by atoms with Crippen LogP contribution in [0.1, 0.15) is 31.2 Å². The molecular formula is C16H26ClNO2. The molecule has 1 aromatic carbocycles. The van der Waals surface area contributed by atoms with Crippen LogP contribution in [0.25, 0.3) is 0 Å². The lowest BCUT2D eigenvalue weighted by Crippen LogP contribution is -2.25. The number of benzene rings is 1. The third-order valence-electron chi connectivity index (χ3n) is 3.26. The molecule has 0 saturated heterocycles. The predicted octanol–water partition coefficient (Wildman–Crippen LogP) is 3.48. The fourth-order valence-electron chi connectivity index (χ4n) is 2.20. The summed E-state index contributed by atoms with van der Waals surface area (Å²) in [4.78, 5) is 0. The number of hydrogen-bond acceptors (Lipinski definition) is 3. The van der Waals surface area contributed by atoms with Crippen molar-refractivity contribution >= 4 is 11.6 Å². The highest BCUT2D eigenvalue weighted by Crippen LogP contribution is 2.27. The first kappa shape index (κ1) is 17.4. The van der Waals surface area contributed by atoms with Gasteiger partial charge >= 0.3 is 0 Å². The molecule has 0 fully saturated rings. The fourth-order valence-corrected chi connectivity index (χ4v) is 2.49. The molecule has 0 amide bonds. The van der Waals surface area contributed by atoms with Crippen LogP contribution in [0.15, 0.2) is 24.3 Å². The van der Waals surface area contributed by atoms with Crippen LogP contribution in [0.3, 0.4) is 0 Å². The van der Waals surface area contributed by atoms with Crippen LogP contribution >= 0.6 is 11.6 Å². The lowest BCUT2D eigenvalue weighted by Gasteiger charge is -2.19. The molecule has 0 aliphatic rings. The normalized spacial score (nSPS) is 12.6. The van der Waals surface area contributed by atoms with E-state index in [9.17, 15) is 0 Å². The minimum atomic E-state index is 0.418. The number of nitrogens with one attached hydrogen (secondary N) is 1. The maximum atomic E-state index is 6.32. The van der Waals surface area contributed by atoms with Gasteiger partial charge in [-0.05, 0) is 37.3 Å². The quantitative estimate of drug-likeness (QED) is 0.635. The van der Waals surface area contributed by atoms with Crippen molar-refractivity contribution in [3.8, 4) is 0 Å². The molecule has 0 aliphatic heterocycles. The summed E-state index contributed by atoms with van der Waals surface area (Å²) in [7, 11) is 1.72. The van der Waals surface area contributed by atoms with E-state index in [4.69, 9.17) is 21.1 Å². The van der Waals surface area contributed by atoms with Gasteiger partial charge in [0.25, 0.3) is 0 Å². The van der Waals surface area contributed by atoms with Gasteiger partial charge in [-0.25, -0.2) is 0 Å². The van der Waals surface area contributed by atoms with Crippen molar-refractivity contribution < 1.29 is 9.47 Å². The molecule has 4 heteroatoms. The van der Waals surface area contributed by atoms with E-state index < -0.39 is 0 Å². The van der Waals surface area contributed by atoms with Crippen LogP contribution in [-0.4, -0.2) is 40.0 Å². The van der Waals surface area contributed by atoms with Gasteiger partial charge in [0.2, 0.25) is 0 Å². The Hall–Kier alpha value is -0.610. The van der Waals surface area contributed by atoms with Crippen LogP contribution in [0.4, 0.5) is 0 Å². The average molecular weight is 300 g/mol. The van der Waals surface area contributed by atoms with E-state index >= 15 is 0 Å². The van der Waals surface area contributed by atoms with E-state index in [0.29, 0.717) is 5.92 Å². The molecule has 0 aromatic heterocycles. The summed E-state index contributed by atoms with van der Waals surface area (Å²) in [6.45, 7) is 6.13. The highest BCUT2D eigenvalue weighted by Gasteiger charge is 2.13. The summed E-state index contributed by atoms with van der Waals surface area (Å²) >= 11 is 6.32. The third-order valence-corrected chi connectivity index (χ3v) is 3.61. The molecule has 1 unspecified atom stereocenters. The summed E-state index contributed by atoms with van der Waals surface area (Å²) in [5.41, 5.74) is 1.22. The zero-order valence-electron chi connectivity index (χ0n) is 12.5. The van der Waals surface area contributed by atoms with E-state index in [0.717, 1.165) is 50.8 Å². The maximum Gasteiger partial charge on any atom is 0.0587 e. The molecule has 1 N–H and O–H groups in total. The SMILES string of the molecule is CCOCCCC(CNCCOC)c1ccccc1Cl. The average Bonchev–Trinajstić information content (AvgIpc) is 2.46. The molecule has 1 aromatic rings. The molecule has 114 valence electrons. The molecule has 1 atom stereocenters. The molecule has 0 saturated carbocycles. The first-order valence-corrected chi connectivity index (χ1v) is 7.69. The van der Waals surface area contributed by atoms with Gasteiger partial charge in [0.1, 0.15) is 0 Å². The van der Waals surface area contributed by atoms with Crippen molar-refractivity contribution in [3.63, 3.8) is 0 Å². The Morgan fingerprint density at radius 3 is 2.75 bits per heavy atom. The van der Waals surface area contributed by atoms with Crippen molar-refractivity contribution in [2.24, 2.45) is 0 Å². The Labute approximate surface area is 127 Å². The fraction of sp³-hybridized carbons (Fsp3) is 0.625. The summed E-state index contributed by atoms with van der Waals surface area (Å²) in [5, 5.41) is 4.28.